The van der Waals surface area contributed by atoms with Crippen LogP contribution in [0.3, 0.4) is 0 Å². The van der Waals surface area contributed by atoms with Crippen molar-refractivity contribution < 1.29 is 4.74 Å². The van der Waals surface area contributed by atoms with Crippen molar-refractivity contribution in [1.82, 2.24) is 9.97 Å². The van der Waals surface area contributed by atoms with Crippen molar-refractivity contribution in [2.75, 3.05) is 19.0 Å². The van der Waals surface area contributed by atoms with E-state index < -0.39 is 0 Å². The van der Waals surface area contributed by atoms with Gasteiger partial charge in [0.15, 0.2) is 0 Å². The number of ether oxygens (including phenoxy) is 1. The number of hydrogen-bond acceptors (Lipinski definition) is 4. The smallest absolute Gasteiger partial charge is 0.222 e. The van der Waals surface area contributed by atoms with Gasteiger partial charge in [0.1, 0.15) is 5.75 Å². The predicted molar refractivity (Wildman–Crippen MR) is 83.8 cm³/mol. The molecule has 1 saturated carbocycles. The summed E-state index contributed by atoms with van der Waals surface area (Å²) >= 11 is 0. The van der Waals surface area contributed by atoms with Gasteiger partial charge in [0, 0.05) is 29.4 Å². The van der Waals surface area contributed by atoms with Crippen molar-refractivity contribution in [2.24, 2.45) is 0 Å². The van der Waals surface area contributed by atoms with Gasteiger partial charge in [0.2, 0.25) is 5.95 Å². The fourth-order valence-electron chi connectivity index (χ4n) is 3.01. The van der Waals surface area contributed by atoms with Gasteiger partial charge in [-0.05, 0) is 31.9 Å². The minimum absolute atomic E-state index is 0.139. The van der Waals surface area contributed by atoms with E-state index in [2.05, 4.69) is 27.4 Å². The highest BCUT2D eigenvalue weighted by Crippen LogP contribution is 2.46. The highest BCUT2D eigenvalue weighted by atomic mass is 16.5. The summed E-state index contributed by atoms with van der Waals surface area (Å²) in [6.07, 6.45) is 5.40. The van der Waals surface area contributed by atoms with Crippen LogP contribution < -0.4 is 10.1 Å². The molecule has 0 unspecified atom stereocenters. The molecule has 0 bridgehead atoms. The summed E-state index contributed by atoms with van der Waals surface area (Å²) in [7, 11) is 1.74. The van der Waals surface area contributed by atoms with E-state index in [0.29, 0.717) is 5.95 Å². The summed E-state index contributed by atoms with van der Waals surface area (Å²) in [6.45, 7) is 2.82. The molecule has 1 heterocycles. The van der Waals surface area contributed by atoms with Gasteiger partial charge in [-0.1, -0.05) is 24.6 Å². The largest absolute Gasteiger partial charge is 0.496 e. The van der Waals surface area contributed by atoms with Crippen molar-refractivity contribution in [1.29, 1.82) is 0 Å². The lowest BCUT2D eigenvalue weighted by atomic mass is 9.64. The standard InChI is InChI=1S/C17H21N3O/c1-13-8-11-18-16(20-13)19-12-17(9-5-10-17)14-6-3-4-7-15(14)21-2/h3-4,6-8,11H,5,9-10,12H2,1-2H3,(H,18,19,20). The Morgan fingerprint density at radius 3 is 2.71 bits per heavy atom. The fraction of sp³-hybridized carbons (Fsp3) is 0.412. The topological polar surface area (TPSA) is 47.0 Å². The Kier molecular flexibility index (Phi) is 3.78. The number of aryl methyl sites for hydroxylation is 1. The first-order chi connectivity index (χ1) is 10.2. The number of nitrogens with one attached hydrogen (secondary N) is 1. The molecule has 2 aromatic rings. The number of methoxy groups -OCH3 is 1. The fourth-order valence-corrected chi connectivity index (χ4v) is 3.01. The summed E-state index contributed by atoms with van der Waals surface area (Å²) in [5, 5.41) is 3.40. The van der Waals surface area contributed by atoms with E-state index in [0.717, 1.165) is 18.0 Å². The molecule has 110 valence electrons. The molecule has 1 aromatic heterocycles. The van der Waals surface area contributed by atoms with E-state index in [1.165, 1.54) is 24.8 Å². The number of para-hydroxylation sites is 1. The Balaban J connectivity index is 1.81. The van der Waals surface area contributed by atoms with Crippen LogP contribution >= 0.6 is 0 Å². The molecule has 0 saturated heterocycles. The van der Waals surface area contributed by atoms with Gasteiger partial charge in [0.05, 0.1) is 7.11 Å². The monoisotopic (exact) mass is 283 g/mol. The van der Waals surface area contributed by atoms with E-state index >= 15 is 0 Å². The van der Waals surface area contributed by atoms with Crippen LogP contribution in [-0.2, 0) is 5.41 Å². The van der Waals surface area contributed by atoms with Gasteiger partial charge < -0.3 is 10.1 Å². The van der Waals surface area contributed by atoms with Gasteiger partial charge in [-0.15, -0.1) is 0 Å². The molecule has 4 nitrogen and oxygen atoms in total. The normalized spacial score (nSPS) is 16.1. The molecule has 21 heavy (non-hydrogen) atoms. The van der Waals surface area contributed by atoms with Gasteiger partial charge in [-0.3, -0.25) is 0 Å². The lowest BCUT2D eigenvalue weighted by Crippen LogP contribution is -2.41. The third-order valence-corrected chi connectivity index (χ3v) is 4.37. The lowest BCUT2D eigenvalue weighted by Gasteiger charge is -2.43. The maximum atomic E-state index is 5.54. The summed E-state index contributed by atoms with van der Waals surface area (Å²) in [4.78, 5) is 8.70. The first-order valence-corrected chi connectivity index (χ1v) is 7.40. The molecule has 0 spiro atoms. The maximum Gasteiger partial charge on any atom is 0.222 e. The molecule has 4 heteroatoms. The quantitative estimate of drug-likeness (QED) is 0.914. The second kappa shape index (κ2) is 5.72. The minimum Gasteiger partial charge on any atom is -0.496 e. The molecular formula is C17H21N3O. The van der Waals surface area contributed by atoms with E-state index in [1.807, 2.05) is 25.1 Å². The Bertz CT molecular complexity index is 623. The highest BCUT2D eigenvalue weighted by molar-refractivity contribution is 5.43. The first kappa shape index (κ1) is 13.9. The first-order valence-electron chi connectivity index (χ1n) is 7.40. The van der Waals surface area contributed by atoms with Crippen LogP contribution in [0, 0.1) is 6.92 Å². The molecule has 3 rings (SSSR count). The van der Waals surface area contributed by atoms with Crippen LogP contribution in [0.1, 0.15) is 30.5 Å². The van der Waals surface area contributed by atoms with Crippen LogP contribution in [-0.4, -0.2) is 23.6 Å². The van der Waals surface area contributed by atoms with E-state index in [9.17, 15) is 0 Å². The molecule has 1 N–H and O–H groups in total. The Morgan fingerprint density at radius 1 is 1.24 bits per heavy atom. The highest BCUT2D eigenvalue weighted by Gasteiger charge is 2.40. The summed E-state index contributed by atoms with van der Waals surface area (Å²) in [5.41, 5.74) is 2.41. The second-order valence-electron chi connectivity index (χ2n) is 5.71. The van der Waals surface area contributed by atoms with Crippen LogP contribution in [0.5, 0.6) is 5.75 Å². The van der Waals surface area contributed by atoms with Crippen LogP contribution in [0.25, 0.3) is 0 Å². The molecule has 0 atom stereocenters. The zero-order valence-corrected chi connectivity index (χ0v) is 12.6. The number of aromatic nitrogens is 2. The second-order valence-corrected chi connectivity index (χ2v) is 5.71. The Hall–Kier alpha value is -2.10. The zero-order chi connectivity index (χ0) is 14.7. The molecule has 1 fully saturated rings. The molecule has 1 aliphatic rings. The van der Waals surface area contributed by atoms with E-state index in [-0.39, 0.29) is 5.41 Å². The zero-order valence-electron chi connectivity index (χ0n) is 12.6. The Labute approximate surface area is 125 Å². The molecule has 0 radical (unpaired) electrons. The summed E-state index contributed by atoms with van der Waals surface area (Å²) < 4.78 is 5.54. The van der Waals surface area contributed by atoms with Crippen molar-refractivity contribution in [3.8, 4) is 5.75 Å². The molecule has 1 aromatic carbocycles. The number of benzene rings is 1. The number of anilines is 1. The van der Waals surface area contributed by atoms with Gasteiger partial charge in [0.25, 0.3) is 0 Å². The SMILES string of the molecule is COc1ccccc1C1(CNc2nccc(C)n2)CCC1. The lowest BCUT2D eigenvalue weighted by molar-refractivity contribution is 0.250. The third kappa shape index (κ3) is 2.71. The minimum atomic E-state index is 0.139. The number of nitrogens with zero attached hydrogens (tertiary/aromatic N) is 2. The van der Waals surface area contributed by atoms with Gasteiger partial charge >= 0.3 is 0 Å². The van der Waals surface area contributed by atoms with E-state index in [1.54, 1.807) is 13.3 Å². The predicted octanol–water partition coefficient (Wildman–Crippen LogP) is 3.33. The van der Waals surface area contributed by atoms with Crippen LogP contribution in [0.2, 0.25) is 0 Å². The summed E-state index contributed by atoms with van der Waals surface area (Å²) in [6, 6.07) is 10.2. The van der Waals surface area contributed by atoms with Crippen LogP contribution in [0.15, 0.2) is 36.5 Å². The maximum absolute atomic E-state index is 5.54. The van der Waals surface area contributed by atoms with E-state index in [4.69, 9.17) is 4.74 Å². The van der Waals surface area contributed by atoms with Crippen molar-refractivity contribution >= 4 is 5.95 Å². The van der Waals surface area contributed by atoms with Crippen molar-refractivity contribution in [3.63, 3.8) is 0 Å². The van der Waals surface area contributed by atoms with Gasteiger partial charge in [-0.25, -0.2) is 9.97 Å². The average molecular weight is 283 g/mol. The molecule has 0 amide bonds. The molecule has 1 aliphatic carbocycles. The molecular weight excluding hydrogens is 262 g/mol. The van der Waals surface area contributed by atoms with Gasteiger partial charge in [-0.2, -0.15) is 0 Å². The third-order valence-electron chi connectivity index (χ3n) is 4.37. The summed E-state index contributed by atoms with van der Waals surface area (Å²) in [5.74, 6) is 1.68. The van der Waals surface area contributed by atoms with Crippen LogP contribution in [0.4, 0.5) is 5.95 Å². The number of hydrogen-bond donors (Lipinski definition) is 1. The van der Waals surface area contributed by atoms with Crippen molar-refractivity contribution in [2.45, 2.75) is 31.6 Å². The Morgan fingerprint density at radius 2 is 2.05 bits per heavy atom. The van der Waals surface area contributed by atoms with Crippen molar-refractivity contribution in [3.05, 3.63) is 47.8 Å². The number of rotatable bonds is 5. The average Bonchev–Trinajstić information content (AvgIpc) is 2.47. The molecule has 0 aliphatic heterocycles.